The number of piperidine rings is 2. The van der Waals surface area contributed by atoms with Gasteiger partial charge in [-0.25, -0.2) is 8.78 Å². The maximum absolute atomic E-state index is 14.2. The van der Waals surface area contributed by atoms with Crippen LogP contribution < -0.4 is 10.6 Å². The highest BCUT2D eigenvalue weighted by atomic mass is 19.1. The van der Waals surface area contributed by atoms with E-state index in [2.05, 4.69) is 10.6 Å². The number of ether oxygens (including phenoxy) is 1. The lowest BCUT2D eigenvalue weighted by Gasteiger charge is -2.38. The molecule has 2 fully saturated rings. The summed E-state index contributed by atoms with van der Waals surface area (Å²) in [5.41, 5.74) is 0. The fourth-order valence-electron chi connectivity index (χ4n) is 3.11. The average Bonchev–Trinajstić information content (AvgIpc) is 2.48. The third-order valence-corrected chi connectivity index (χ3v) is 4.64. The van der Waals surface area contributed by atoms with Crippen molar-refractivity contribution in [3.8, 4) is 0 Å². The van der Waals surface area contributed by atoms with E-state index in [1.807, 2.05) is 0 Å². The summed E-state index contributed by atoms with van der Waals surface area (Å²) in [6.45, 7) is 2.22. The van der Waals surface area contributed by atoms with Gasteiger partial charge in [0.25, 0.3) is 0 Å². The molecule has 2 heterocycles. The average molecular weight is 324 g/mol. The SMILES string of the molecule is C[C@H](F)[C@H]1CNC[C@@H](OC[C@@H](F)[C@H]2CNC[C@@H](O)[C@@H]2O)[C@@H]1O. The van der Waals surface area contributed by atoms with Gasteiger partial charge >= 0.3 is 0 Å². The van der Waals surface area contributed by atoms with Crippen LogP contribution in [0.15, 0.2) is 0 Å². The van der Waals surface area contributed by atoms with Crippen molar-refractivity contribution in [1.29, 1.82) is 0 Å². The number of rotatable bonds is 5. The summed E-state index contributed by atoms with van der Waals surface area (Å²) >= 11 is 0. The molecule has 5 N–H and O–H groups in total. The Bertz CT molecular complexity index is 351. The summed E-state index contributed by atoms with van der Waals surface area (Å²) < 4.78 is 33.0. The van der Waals surface area contributed by atoms with Gasteiger partial charge in [-0.15, -0.1) is 0 Å². The fraction of sp³-hybridized carbons (Fsp3) is 1.00. The van der Waals surface area contributed by atoms with Crippen LogP contribution >= 0.6 is 0 Å². The molecule has 0 spiro atoms. The molecule has 130 valence electrons. The van der Waals surface area contributed by atoms with Gasteiger partial charge in [0.1, 0.15) is 12.3 Å². The number of hydrogen-bond donors (Lipinski definition) is 5. The molecule has 0 saturated carbocycles. The van der Waals surface area contributed by atoms with Gasteiger partial charge in [-0.3, -0.25) is 0 Å². The van der Waals surface area contributed by atoms with Crippen molar-refractivity contribution in [2.24, 2.45) is 11.8 Å². The van der Waals surface area contributed by atoms with Crippen molar-refractivity contribution in [1.82, 2.24) is 10.6 Å². The molecule has 0 unspecified atom stereocenters. The molecule has 2 rings (SSSR count). The Morgan fingerprint density at radius 1 is 1.00 bits per heavy atom. The van der Waals surface area contributed by atoms with Gasteiger partial charge in [0.2, 0.25) is 0 Å². The van der Waals surface area contributed by atoms with E-state index < -0.39 is 48.6 Å². The van der Waals surface area contributed by atoms with Gasteiger partial charge in [0, 0.05) is 38.0 Å². The molecule has 0 radical (unpaired) electrons. The largest absolute Gasteiger partial charge is 0.390 e. The zero-order valence-electron chi connectivity index (χ0n) is 12.7. The number of β-amino-alcohol motifs (C(OH)–C–C–N with tert-alkyl or cyclic N) is 1. The number of aliphatic hydroxyl groups is 3. The van der Waals surface area contributed by atoms with Crippen LogP contribution in [0.4, 0.5) is 8.78 Å². The Morgan fingerprint density at radius 3 is 2.32 bits per heavy atom. The van der Waals surface area contributed by atoms with Gasteiger partial charge < -0.3 is 30.7 Å². The maximum atomic E-state index is 14.2. The van der Waals surface area contributed by atoms with E-state index >= 15 is 0 Å². The Labute approximate surface area is 128 Å². The number of halogens is 2. The molecular weight excluding hydrogens is 298 g/mol. The van der Waals surface area contributed by atoms with Gasteiger partial charge in [0.05, 0.1) is 31.0 Å². The van der Waals surface area contributed by atoms with Crippen molar-refractivity contribution >= 4 is 0 Å². The van der Waals surface area contributed by atoms with E-state index in [9.17, 15) is 24.1 Å². The molecule has 2 saturated heterocycles. The minimum Gasteiger partial charge on any atom is -0.390 e. The zero-order chi connectivity index (χ0) is 16.3. The molecule has 0 aliphatic carbocycles. The van der Waals surface area contributed by atoms with Crippen molar-refractivity contribution in [3.63, 3.8) is 0 Å². The Balaban J connectivity index is 1.83. The number of nitrogens with one attached hydrogen (secondary N) is 2. The molecule has 0 aromatic heterocycles. The lowest BCUT2D eigenvalue weighted by Crippen LogP contribution is -2.56. The lowest BCUT2D eigenvalue weighted by molar-refractivity contribution is -0.117. The van der Waals surface area contributed by atoms with E-state index in [-0.39, 0.29) is 19.7 Å². The molecule has 0 bridgehead atoms. The fourth-order valence-corrected chi connectivity index (χ4v) is 3.11. The Morgan fingerprint density at radius 2 is 1.64 bits per heavy atom. The van der Waals surface area contributed by atoms with Crippen LogP contribution in [0.5, 0.6) is 0 Å². The summed E-state index contributed by atoms with van der Waals surface area (Å²) in [5.74, 6) is -1.35. The second-order valence-electron chi connectivity index (χ2n) is 6.26. The summed E-state index contributed by atoms with van der Waals surface area (Å²) in [7, 11) is 0. The molecule has 2 aliphatic rings. The monoisotopic (exact) mass is 324 g/mol. The zero-order valence-corrected chi connectivity index (χ0v) is 12.7. The standard InChI is InChI=1S/C14H26F2N2O4/c1-7(15)8-2-18-5-12(14(8)21)22-6-10(16)9-3-17-4-11(19)13(9)20/h7-14,17-21H,2-6H2,1H3/t7-,8+,9+,10+,11+,12+,13+,14+/m0/s1. The first-order valence-electron chi connectivity index (χ1n) is 7.77. The van der Waals surface area contributed by atoms with E-state index in [0.29, 0.717) is 13.1 Å². The maximum Gasteiger partial charge on any atom is 0.130 e. The highest BCUT2D eigenvalue weighted by molar-refractivity contribution is 4.91. The summed E-state index contributed by atoms with van der Waals surface area (Å²) in [4.78, 5) is 0. The quantitative estimate of drug-likeness (QED) is 0.427. The van der Waals surface area contributed by atoms with Crippen LogP contribution in [0.1, 0.15) is 6.92 Å². The van der Waals surface area contributed by atoms with Crippen molar-refractivity contribution < 1.29 is 28.8 Å². The first kappa shape index (κ1) is 18.0. The van der Waals surface area contributed by atoms with E-state index in [1.54, 1.807) is 0 Å². The molecular formula is C14H26F2N2O4. The molecule has 2 aliphatic heterocycles. The molecule has 8 heteroatoms. The summed E-state index contributed by atoms with van der Waals surface area (Å²) in [6.07, 6.45) is -6.49. The molecule has 6 nitrogen and oxygen atoms in total. The third kappa shape index (κ3) is 4.12. The van der Waals surface area contributed by atoms with Gasteiger partial charge in [-0.05, 0) is 6.92 Å². The van der Waals surface area contributed by atoms with Crippen LogP contribution in [-0.4, -0.2) is 84.9 Å². The highest BCUT2D eigenvalue weighted by Gasteiger charge is 2.39. The van der Waals surface area contributed by atoms with Gasteiger partial charge in [-0.2, -0.15) is 0 Å². The Hall–Kier alpha value is -0.380. The molecule has 0 amide bonds. The van der Waals surface area contributed by atoms with E-state index in [1.165, 1.54) is 6.92 Å². The van der Waals surface area contributed by atoms with Crippen LogP contribution in [0.25, 0.3) is 0 Å². The van der Waals surface area contributed by atoms with Crippen molar-refractivity contribution in [2.45, 2.75) is 43.7 Å². The number of alkyl halides is 2. The molecule has 0 aromatic rings. The predicted octanol–water partition coefficient (Wildman–Crippen LogP) is -1.41. The third-order valence-electron chi connectivity index (χ3n) is 4.64. The Kier molecular flexibility index (Phi) is 6.48. The predicted molar refractivity (Wildman–Crippen MR) is 75.9 cm³/mol. The first-order valence-corrected chi connectivity index (χ1v) is 7.77. The van der Waals surface area contributed by atoms with Crippen LogP contribution in [0, 0.1) is 11.8 Å². The minimum absolute atomic E-state index is 0.229. The highest BCUT2D eigenvalue weighted by Crippen LogP contribution is 2.23. The molecule has 0 aromatic carbocycles. The minimum atomic E-state index is -1.48. The van der Waals surface area contributed by atoms with E-state index in [0.717, 1.165) is 0 Å². The van der Waals surface area contributed by atoms with Crippen LogP contribution in [0.3, 0.4) is 0 Å². The van der Waals surface area contributed by atoms with Gasteiger partial charge in [-0.1, -0.05) is 0 Å². The molecule has 8 atom stereocenters. The van der Waals surface area contributed by atoms with Crippen LogP contribution in [-0.2, 0) is 4.74 Å². The normalized spacial score (nSPS) is 42.8. The number of aliphatic hydroxyl groups excluding tert-OH is 3. The van der Waals surface area contributed by atoms with Gasteiger partial charge in [0.15, 0.2) is 0 Å². The van der Waals surface area contributed by atoms with Crippen LogP contribution in [0.2, 0.25) is 0 Å². The smallest absolute Gasteiger partial charge is 0.130 e. The summed E-state index contributed by atoms with van der Waals surface area (Å²) in [6, 6.07) is 0. The van der Waals surface area contributed by atoms with Crippen molar-refractivity contribution in [3.05, 3.63) is 0 Å². The first-order chi connectivity index (χ1) is 10.4. The molecule has 22 heavy (non-hydrogen) atoms. The summed E-state index contributed by atoms with van der Waals surface area (Å²) in [5, 5.41) is 35.3. The second kappa shape index (κ2) is 7.94. The van der Waals surface area contributed by atoms with E-state index in [4.69, 9.17) is 4.74 Å². The topological polar surface area (TPSA) is 94.0 Å². The second-order valence-corrected chi connectivity index (χ2v) is 6.26. The lowest BCUT2D eigenvalue weighted by atomic mass is 9.89. The van der Waals surface area contributed by atoms with Crippen molar-refractivity contribution in [2.75, 3.05) is 32.8 Å². The number of hydrogen-bond acceptors (Lipinski definition) is 6.